The van der Waals surface area contributed by atoms with Crippen molar-refractivity contribution in [3.8, 4) is 6.07 Å². The molecule has 0 aliphatic heterocycles. The van der Waals surface area contributed by atoms with Crippen LogP contribution >= 0.6 is 0 Å². The summed E-state index contributed by atoms with van der Waals surface area (Å²) in [5, 5.41) is 23.3. The van der Waals surface area contributed by atoms with E-state index in [0.29, 0.717) is 16.9 Å². The molecule has 0 saturated heterocycles. The third kappa shape index (κ3) is 5.04. The Kier molecular flexibility index (Phi) is 5.85. The second kappa shape index (κ2) is 8.26. The lowest BCUT2D eigenvalue weighted by atomic mass is 10.1. The van der Waals surface area contributed by atoms with Crippen LogP contribution in [0.2, 0.25) is 0 Å². The maximum atomic E-state index is 12.2. The lowest BCUT2D eigenvalue weighted by Gasteiger charge is -2.06. The van der Waals surface area contributed by atoms with Crippen molar-refractivity contribution in [2.24, 2.45) is 0 Å². The molecule has 0 aliphatic carbocycles. The highest BCUT2D eigenvalue weighted by Crippen LogP contribution is 2.15. The Bertz CT molecular complexity index is 907. The lowest BCUT2D eigenvalue weighted by molar-refractivity contribution is -0.114. The number of anilines is 2. The number of hydrogen-bond donors (Lipinski definition) is 3. The van der Waals surface area contributed by atoms with E-state index in [-0.39, 0.29) is 17.0 Å². The highest BCUT2D eigenvalue weighted by atomic mass is 16.4. The quantitative estimate of drug-likeness (QED) is 0.566. The van der Waals surface area contributed by atoms with Crippen molar-refractivity contribution in [1.29, 1.82) is 5.26 Å². The van der Waals surface area contributed by atoms with Gasteiger partial charge in [-0.25, -0.2) is 4.79 Å². The van der Waals surface area contributed by atoms with Crippen molar-refractivity contribution in [3.05, 3.63) is 65.2 Å². The van der Waals surface area contributed by atoms with Gasteiger partial charge in [0.2, 0.25) is 5.91 Å². The zero-order valence-electron chi connectivity index (χ0n) is 13.8. The van der Waals surface area contributed by atoms with Gasteiger partial charge in [-0.3, -0.25) is 9.59 Å². The second-order valence-electron chi connectivity index (χ2n) is 5.31. The molecule has 0 atom stereocenters. The van der Waals surface area contributed by atoms with E-state index >= 15 is 0 Å². The minimum atomic E-state index is -1.05. The Balaban J connectivity index is 2.11. The minimum absolute atomic E-state index is 0.115. The van der Waals surface area contributed by atoms with E-state index in [2.05, 4.69) is 10.6 Å². The Morgan fingerprint density at radius 1 is 0.962 bits per heavy atom. The molecule has 0 radical (unpaired) electrons. The number of nitrogens with zero attached hydrogens (tertiary/aromatic N) is 1. The number of aromatic carboxylic acids is 1. The van der Waals surface area contributed by atoms with Gasteiger partial charge >= 0.3 is 5.97 Å². The van der Waals surface area contributed by atoms with E-state index in [1.807, 2.05) is 6.07 Å². The molecule has 2 amide bonds. The summed E-state index contributed by atoms with van der Waals surface area (Å²) in [5.41, 5.74) is 1.57. The number of hydrogen-bond acceptors (Lipinski definition) is 4. The topological polar surface area (TPSA) is 119 Å². The molecule has 0 unspecified atom stereocenters. The van der Waals surface area contributed by atoms with Crippen LogP contribution in [-0.2, 0) is 9.59 Å². The molecule has 2 aromatic carbocycles. The van der Waals surface area contributed by atoms with Crippen LogP contribution in [0.5, 0.6) is 0 Å². The summed E-state index contributed by atoms with van der Waals surface area (Å²) in [7, 11) is 0. The van der Waals surface area contributed by atoms with Crippen LogP contribution in [0.4, 0.5) is 11.4 Å². The smallest absolute Gasteiger partial charge is 0.335 e. The zero-order valence-corrected chi connectivity index (χ0v) is 13.8. The first kappa shape index (κ1) is 18.4. The fourth-order valence-electron chi connectivity index (χ4n) is 2.08. The van der Waals surface area contributed by atoms with Crippen molar-refractivity contribution in [3.63, 3.8) is 0 Å². The number of carboxylic acid groups (broad SMARTS) is 1. The molecule has 2 aromatic rings. The summed E-state index contributed by atoms with van der Waals surface area (Å²) in [5.74, 6) is -1.85. The molecule has 0 fully saturated rings. The van der Waals surface area contributed by atoms with Crippen LogP contribution in [-0.4, -0.2) is 22.9 Å². The monoisotopic (exact) mass is 349 g/mol. The van der Waals surface area contributed by atoms with E-state index in [9.17, 15) is 19.6 Å². The number of benzene rings is 2. The molecule has 0 bridgehead atoms. The largest absolute Gasteiger partial charge is 0.478 e. The number of carbonyl (C=O) groups is 3. The third-order valence-electron chi connectivity index (χ3n) is 3.30. The minimum Gasteiger partial charge on any atom is -0.478 e. The molecule has 7 nitrogen and oxygen atoms in total. The average molecular weight is 349 g/mol. The molecule has 7 heteroatoms. The van der Waals surface area contributed by atoms with Gasteiger partial charge in [-0.15, -0.1) is 0 Å². The molecule has 0 spiro atoms. The average Bonchev–Trinajstić information content (AvgIpc) is 2.61. The van der Waals surface area contributed by atoms with Gasteiger partial charge < -0.3 is 15.7 Å². The van der Waals surface area contributed by atoms with E-state index in [0.717, 1.165) is 0 Å². The normalized spacial score (nSPS) is 10.5. The summed E-state index contributed by atoms with van der Waals surface area (Å²) in [6, 6.07) is 14.1. The first-order chi connectivity index (χ1) is 12.4. The van der Waals surface area contributed by atoms with Crippen molar-refractivity contribution in [2.45, 2.75) is 6.92 Å². The molecular weight excluding hydrogens is 334 g/mol. The highest BCUT2D eigenvalue weighted by Gasteiger charge is 2.10. The third-order valence-corrected chi connectivity index (χ3v) is 3.30. The van der Waals surface area contributed by atoms with Crippen molar-refractivity contribution >= 4 is 35.2 Å². The predicted molar refractivity (Wildman–Crippen MR) is 96.4 cm³/mol. The standard InChI is InChI=1S/C19H15N3O4/c1-12(23)21-16-6-8-17(9-7-16)22-18(24)15(11-20)10-13-2-4-14(5-3-13)19(25)26/h2-10H,1H3,(H,21,23)(H,22,24)(H,25,26)/b15-10+. The Morgan fingerprint density at radius 2 is 1.50 bits per heavy atom. The number of amides is 2. The summed E-state index contributed by atoms with van der Waals surface area (Å²) in [6.07, 6.45) is 1.37. The maximum Gasteiger partial charge on any atom is 0.335 e. The summed E-state index contributed by atoms with van der Waals surface area (Å²) >= 11 is 0. The van der Waals surface area contributed by atoms with Crippen LogP contribution in [0.3, 0.4) is 0 Å². The molecule has 26 heavy (non-hydrogen) atoms. The molecule has 0 aromatic heterocycles. The fourth-order valence-corrected chi connectivity index (χ4v) is 2.08. The predicted octanol–water partition coefficient (Wildman–Crippen LogP) is 2.89. The summed E-state index contributed by atoms with van der Waals surface area (Å²) in [4.78, 5) is 34.0. The van der Waals surface area contributed by atoms with E-state index < -0.39 is 11.9 Å². The first-order valence-electron chi connectivity index (χ1n) is 7.53. The first-order valence-corrected chi connectivity index (χ1v) is 7.53. The number of nitriles is 1. The van der Waals surface area contributed by atoms with E-state index in [4.69, 9.17) is 5.11 Å². The SMILES string of the molecule is CC(=O)Nc1ccc(NC(=O)/C(C#N)=C/c2ccc(C(=O)O)cc2)cc1. The molecular formula is C19H15N3O4. The molecule has 0 aliphatic rings. The van der Waals surface area contributed by atoms with Crippen LogP contribution in [0.1, 0.15) is 22.8 Å². The van der Waals surface area contributed by atoms with Crippen molar-refractivity contribution in [2.75, 3.05) is 10.6 Å². The van der Waals surface area contributed by atoms with Gasteiger partial charge in [-0.2, -0.15) is 5.26 Å². The van der Waals surface area contributed by atoms with Gasteiger partial charge in [0, 0.05) is 18.3 Å². The molecule has 3 N–H and O–H groups in total. The van der Waals surface area contributed by atoms with E-state index in [1.165, 1.54) is 37.3 Å². The van der Waals surface area contributed by atoms with Crippen LogP contribution in [0, 0.1) is 11.3 Å². The summed E-state index contributed by atoms with van der Waals surface area (Å²) < 4.78 is 0. The molecule has 2 rings (SSSR count). The number of rotatable bonds is 5. The van der Waals surface area contributed by atoms with Crippen LogP contribution < -0.4 is 10.6 Å². The Hall–Kier alpha value is -3.92. The zero-order chi connectivity index (χ0) is 19.1. The fraction of sp³-hybridized carbons (Fsp3) is 0.0526. The van der Waals surface area contributed by atoms with Gasteiger partial charge in [0.1, 0.15) is 11.6 Å². The number of carbonyl (C=O) groups excluding carboxylic acids is 2. The van der Waals surface area contributed by atoms with Gasteiger partial charge in [-0.05, 0) is 48.0 Å². The van der Waals surface area contributed by atoms with Crippen molar-refractivity contribution in [1.82, 2.24) is 0 Å². The Labute approximate surface area is 149 Å². The van der Waals surface area contributed by atoms with E-state index in [1.54, 1.807) is 24.3 Å². The van der Waals surface area contributed by atoms with Crippen LogP contribution in [0.25, 0.3) is 6.08 Å². The second-order valence-corrected chi connectivity index (χ2v) is 5.31. The van der Waals surface area contributed by atoms with Gasteiger partial charge in [0.05, 0.1) is 5.56 Å². The number of carboxylic acids is 1. The van der Waals surface area contributed by atoms with Gasteiger partial charge in [0.15, 0.2) is 0 Å². The highest BCUT2D eigenvalue weighted by molar-refractivity contribution is 6.09. The van der Waals surface area contributed by atoms with Gasteiger partial charge in [0.25, 0.3) is 5.91 Å². The molecule has 0 saturated carbocycles. The molecule has 130 valence electrons. The number of nitrogens with one attached hydrogen (secondary N) is 2. The Morgan fingerprint density at radius 3 is 1.96 bits per heavy atom. The maximum absolute atomic E-state index is 12.2. The van der Waals surface area contributed by atoms with Crippen molar-refractivity contribution < 1.29 is 19.5 Å². The molecule has 0 heterocycles. The van der Waals surface area contributed by atoms with Gasteiger partial charge in [-0.1, -0.05) is 12.1 Å². The van der Waals surface area contributed by atoms with Crippen LogP contribution in [0.15, 0.2) is 54.1 Å². The lowest BCUT2D eigenvalue weighted by Crippen LogP contribution is -2.13. The summed E-state index contributed by atoms with van der Waals surface area (Å²) in [6.45, 7) is 1.39.